The molecule has 1 aliphatic rings. The molecule has 68 valence electrons. The first-order valence-corrected chi connectivity index (χ1v) is 4.18. The van der Waals surface area contributed by atoms with Gasteiger partial charge in [-0.3, -0.25) is 4.79 Å². The number of methoxy groups -OCH3 is 1. The monoisotopic (exact) mass is 169 g/mol. The Morgan fingerprint density at radius 2 is 2.17 bits per heavy atom. The third kappa shape index (κ3) is 1.57. The summed E-state index contributed by atoms with van der Waals surface area (Å²) in [4.78, 5) is 11.4. The third-order valence-electron chi connectivity index (χ3n) is 2.44. The number of carbonyl (C=O) groups excluding carboxylic acids is 1. The van der Waals surface area contributed by atoms with Gasteiger partial charge in [0.2, 0.25) is 0 Å². The quantitative estimate of drug-likeness (QED) is 0.626. The molecular weight excluding hydrogens is 154 g/mol. The maximum Gasteiger partial charge on any atom is 0.186 e. The fourth-order valence-corrected chi connectivity index (χ4v) is 1.57. The van der Waals surface area contributed by atoms with Gasteiger partial charge in [-0.1, -0.05) is 6.58 Å². The highest BCUT2D eigenvalue weighted by molar-refractivity contribution is 5.96. The zero-order chi connectivity index (χ0) is 9.03. The van der Waals surface area contributed by atoms with E-state index in [2.05, 4.69) is 11.9 Å². The van der Waals surface area contributed by atoms with E-state index in [1.807, 2.05) is 0 Å². The number of carbonyl (C=O) groups is 1. The molecule has 0 saturated carbocycles. The van der Waals surface area contributed by atoms with Gasteiger partial charge >= 0.3 is 0 Å². The second kappa shape index (κ2) is 3.83. The Morgan fingerprint density at radius 3 is 2.58 bits per heavy atom. The molecule has 0 unspecified atom stereocenters. The van der Waals surface area contributed by atoms with Gasteiger partial charge in [-0.05, 0) is 32.0 Å². The van der Waals surface area contributed by atoms with Crippen molar-refractivity contribution in [3.05, 3.63) is 12.7 Å². The second-order valence-corrected chi connectivity index (χ2v) is 3.02. The number of rotatable bonds is 3. The number of ketones is 1. The maximum atomic E-state index is 11.4. The first-order valence-electron chi connectivity index (χ1n) is 4.18. The van der Waals surface area contributed by atoms with Crippen LogP contribution in [-0.2, 0) is 9.53 Å². The fraction of sp³-hybridized carbons (Fsp3) is 0.667. The van der Waals surface area contributed by atoms with Crippen LogP contribution in [0.5, 0.6) is 0 Å². The Morgan fingerprint density at radius 1 is 1.58 bits per heavy atom. The molecule has 12 heavy (non-hydrogen) atoms. The Bertz CT molecular complexity index is 183. The first-order chi connectivity index (χ1) is 5.75. The van der Waals surface area contributed by atoms with E-state index in [9.17, 15) is 4.79 Å². The summed E-state index contributed by atoms with van der Waals surface area (Å²) in [6.07, 6.45) is 2.84. The molecule has 1 fully saturated rings. The highest BCUT2D eigenvalue weighted by atomic mass is 16.5. The van der Waals surface area contributed by atoms with Crippen LogP contribution in [-0.4, -0.2) is 31.6 Å². The summed E-state index contributed by atoms with van der Waals surface area (Å²) in [5.41, 5.74) is -0.590. The van der Waals surface area contributed by atoms with Crippen molar-refractivity contribution in [3.8, 4) is 0 Å². The summed E-state index contributed by atoms with van der Waals surface area (Å²) in [7, 11) is 1.59. The number of hydrogen-bond donors (Lipinski definition) is 1. The van der Waals surface area contributed by atoms with Crippen LogP contribution in [0.2, 0.25) is 0 Å². The van der Waals surface area contributed by atoms with E-state index in [4.69, 9.17) is 4.74 Å². The zero-order valence-electron chi connectivity index (χ0n) is 7.43. The van der Waals surface area contributed by atoms with Crippen molar-refractivity contribution in [3.63, 3.8) is 0 Å². The van der Waals surface area contributed by atoms with E-state index in [0.717, 1.165) is 25.9 Å². The van der Waals surface area contributed by atoms with Gasteiger partial charge in [0.1, 0.15) is 5.60 Å². The molecule has 3 heteroatoms. The number of ether oxygens (including phenoxy) is 1. The lowest BCUT2D eigenvalue weighted by Crippen LogP contribution is -2.48. The number of piperidine rings is 1. The van der Waals surface area contributed by atoms with E-state index < -0.39 is 5.60 Å². The predicted molar refractivity (Wildman–Crippen MR) is 47.0 cm³/mol. The molecule has 1 aliphatic heterocycles. The van der Waals surface area contributed by atoms with E-state index in [-0.39, 0.29) is 5.78 Å². The van der Waals surface area contributed by atoms with Crippen LogP contribution in [0.25, 0.3) is 0 Å². The molecule has 0 aromatic rings. The van der Waals surface area contributed by atoms with Crippen LogP contribution in [0.3, 0.4) is 0 Å². The normalized spacial score (nSPS) is 21.8. The maximum absolute atomic E-state index is 11.4. The summed E-state index contributed by atoms with van der Waals surface area (Å²) in [5, 5.41) is 3.19. The molecule has 0 radical (unpaired) electrons. The van der Waals surface area contributed by atoms with Crippen molar-refractivity contribution in [2.45, 2.75) is 18.4 Å². The zero-order valence-corrected chi connectivity index (χ0v) is 7.43. The first kappa shape index (κ1) is 9.42. The van der Waals surface area contributed by atoms with E-state index in [1.54, 1.807) is 7.11 Å². The van der Waals surface area contributed by atoms with Crippen LogP contribution in [0.4, 0.5) is 0 Å². The van der Waals surface area contributed by atoms with Crippen molar-refractivity contribution in [1.29, 1.82) is 0 Å². The van der Waals surface area contributed by atoms with Gasteiger partial charge in [0.25, 0.3) is 0 Å². The Labute approximate surface area is 72.8 Å². The second-order valence-electron chi connectivity index (χ2n) is 3.02. The average Bonchev–Trinajstić information content (AvgIpc) is 2.17. The molecule has 0 aromatic heterocycles. The van der Waals surface area contributed by atoms with E-state index >= 15 is 0 Å². The Balaban J connectivity index is 2.72. The highest BCUT2D eigenvalue weighted by Crippen LogP contribution is 2.23. The van der Waals surface area contributed by atoms with Gasteiger partial charge in [0, 0.05) is 7.11 Å². The SMILES string of the molecule is C=CC(=O)C1(OC)CCNCC1. The molecule has 1 saturated heterocycles. The minimum atomic E-state index is -0.590. The molecule has 0 atom stereocenters. The lowest BCUT2D eigenvalue weighted by molar-refractivity contribution is -0.138. The van der Waals surface area contributed by atoms with Gasteiger partial charge in [-0.15, -0.1) is 0 Å². The van der Waals surface area contributed by atoms with Crippen LogP contribution < -0.4 is 5.32 Å². The number of hydrogen-bond acceptors (Lipinski definition) is 3. The van der Waals surface area contributed by atoms with Gasteiger partial charge in [0.05, 0.1) is 0 Å². The molecule has 0 aromatic carbocycles. The average molecular weight is 169 g/mol. The lowest BCUT2D eigenvalue weighted by atomic mass is 9.88. The van der Waals surface area contributed by atoms with E-state index in [0.29, 0.717) is 0 Å². The molecule has 1 N–H and O–H groups in total. The lowest BCUT2D eigenvalue weighted by Gasteiger charge is -2.33. The standard InChI is InChI=1S/C9H15NO2/c1-3-8(11)9(12-2)4-6-10-7-5-9/h3,10H,1,4-7H2,2H3. The molecule has 3 nitrogen and oxygen atoms in total. The topological polar surface area (TPSA) is 38.3 Å². The summed E-state index contributed by atoms with van der Waals surface area (Å²) < 4.78 is 5.27. The predicted octanol–water partition coefficient (Wildman–Crippen LogP) is 0.510. The minimum Gasteiger partial charge on any atom is -0.370 e. The largest absolute Gasteiger partial charge is 0.370 e. The van der Waals surface area contributed by atoms with Crippen molar-refractivity contribution in [2.75, 3.05) is 20.2 Å². The molecule has 0 bridgehead atoms. The minimum absolute atomic E-state index is 0.00602. The molecule has 0 aliphatic carbocycles. The van der Waals surface area contributed by atoms with Crippen molar-refractivity contribution in [2.24, 2.45) is 0 Å². The highest BCUT2D eigenvalue weighted by Gasteiger charge is 2.37. The Kier molecular flexibility index (Phi) is 3.00. The molecular formula is C9H15NO2. The van der Waals surface area contributed by atoms with Crippen molar-refractivity contribution < 1.29 is 9.53 Å². The van der Waals surface area contributed by atoms with E-state index in [1.165, 1.54) is 6.08 Å². The molecule has 0 amide bonds. The summed E-state index contributed by atoms with van der Waals surface area (Å²) >= 11 is 0. The smallest absolute Gasteiger partial charge is 0.186 e. The molecule has 1 heterocycles. The van der Waals surface area contributed by atoms with Crippen molar-refractivity contribution >= 4 is 5.78 Å². The summed E-state index contributed by atoms with van der Waals surface area (Å²) in [6.45, 7) is 5.16. The molecule has 0 spiro atoms. The third-order valence-corrected chi connectivity index (χ3v) is 2.44. The molecule has 1 rings (SSSR count). The van der Waals surface area contributed by atoms with Crippen LogP contribution in [0.15, 0.2) is 12.7 Å². The van der Waals surface area contributed by atoms with Gasteiger partial charge in [0.15, 0.2) is 5.78 Å². The van der Waals surface area contributed by atoms with Gasteiger partial charge in [-0.2, -0.15) is 0 Å². The van der Waals surface area contributed by atoms with Gasteiger partial charge < -0.3 is 10.1 Å². The summed E-state index contributed by atoms with van der Waals surface area (Å²) in [5.74, 6) is 0.00602. The number of nitrogens with one attached hydrogen (secondary N) is 1. The van der Waals surface area contributed by atoms with Crippen molar-refractivity contribution in [1.82, 2.24) is 5.32 Å². The van der Waals surface area contributed by atoms with Gasteiger partial charge in [-0.25, -0.2) is 0 Å². The summed E-state index contributed by atoms with van der Waals surface area (Å²) in [6, 6.07) is 0. The fourth-order valence-electron chi connectivity index (χ4n) is 1.57. The Hall–Kier alpha value is -0.670. The van der Waals surface area contributed by atoms with Crippen LogP contribution in [0.1, 0.15) is 12.8 Å². The van der Waals surface area contributed by atoms with Crippen LogP contribution >= 0.6 is 0 Å². The van der Waals surface area contributed by atoms with Crippen LogP contribution in [0, 0.1) is 0 Å².